The van der Waals surface area contributed by atoms with E-state index in [1.807, 2.05) is 0 Å². The fraction of sp³-hybridized carbons (Fsp3) is 0.333. The first-order valence-corrected chi connectivity index (χ1v) is 6.79. The van der Waals surface area contributed by atoms with Gasteiger partial charge in [0, 0.05) is 25.4 Å². The standard InChI is InChI=1S/C15H15F2N3O/c1-20-7-6-18-14(20)13(19-15(21)9-2-3-9)10-4-5-11(16)12(17)8-10/h4-9,13H,2-3H2,1H3,(H,19,21). The first kappa shape index (κ1) is 13.7. The number of amides is 1. The van der Waals surface area contributed by atoms with Crippen LogP contribution in [-0.4, -0.2) is 15.5 Å². The van der Waals surface area contributed by atoms with Crippen LogP contribution in [0, 0.1) is 17.6 Å². The number of nitrogens with one attached hydrogen (secondary N) is 1. The van der Waals surface area contributed by atoms with Gasteiger partial charge in [-0.3, -0.25) is 4.79 Å². The Balaban J connectivity index is 1.96. The molecule has 0 saturated heterocycles. The van der Waals surface area contributed by atoms with Crippen molar-refractivity contribution in [2.24, 2.45) is 13.0 Å². The Hall–Kier alpha value is -2.24. The lowest BCUT2D eigenvalue weighted by atomic mass is 10.1. The SMILES string of the molecule is Cn1ccnc1C(NC(=O)C1CC1)c1ccc(F)c(F)c1. The smallest absolute Gasteiger partial charge is 0.223 e. The van der Waals surface area contributed by atoms with Crippen LogP contribution in [0.5, 0.6) is 0 Å². The zero-order valence-corrected chi connectivity index (χ0v) is 11.5. The molecule has 0 aliphatic heterocycles. The van der Waals surface area contributed by atoms with Crippen LogP contribution in [-0.2, 0) is 11.8 Å². The molecule has 1 aromatic carbocycles. The van der Waals surface area contributed by atoms with Gasteiger partial charge in [-0.15, -0.1) is 0 Å². The minimum atomic E-state index is -0.938. The van der Waals surface area contributed by atoms with E-state index in [0.717, 1.165) is 25.0 Å². The van der Waals surface area contributed by atoms with Crippen LogP contribution in [0.4, 0.5) is 8.78 Å². The lowest BCUT2D eigenvalue weighted by molar-refractivity contribution is -0.122. The van der Waals surface area contributed by atoms with Gasteiger partial charge in [-0.1, -0.05) is 6.07 Å². The van der Waals surface area contributed by atoms with Crippen LogP contribution in [0.3, 0.4) is 0 Å². The normalized spacial score (nSPS) is 15.8. The van der Waals surface area contributed by atoms with E-state index in [4.69, 9.17) is 0 Å². The number of aryl methyl sites for hydroxylation is 1. The number of nitrogens with zero attached hydrogens (tertiary/aromatic N) is 2. The maximum Gasteiger partial charge on any atom is 0.223 e. The van der Waals surface area contributed by atoms with Gasteiger partial charge in [0.1, 0.15) is 11.9 Å². The molecule has 1 aliphatic rings. The highest BCUT2D eigenvalue weighted by Crippen LogP contribution is 2.31. The van der Waals surface area contributed by atoms with E-state index in [1.165, 1.54) is 6.07 Å². The number of rotatable bonds is 4. The second-order valence-corrected chi connectivity index (χ2v) is 5.29. The van der Waals surface area contributed by atoms with Gasteiger partial charge in [0.2, 0.25) is 5.91 Å². The summed E-state index contributed by atoms with van der Waals surface area (Å²) in [5, 5.41) is 2.87. The number of aromatic nitrogens is 2. The minimum absolute atomic E-state index is 0.0260. The second-order valence-electron chi connectivity index (χ2n) is 5.29. The summed E-state index contributed by atoms with van der Waals surface area (Å²) in [5.74, 6) is -1.32. The van der Waals surface area contributed by atoms with Crippen molar-refractivity contribution in [2.45, 2.75) is 18.9 Å². The number of benzene rings is 1. The highest BCUT2D eigenvalue weighted by Gasteiger charge is 2.32. The van der Waals surface area contributed by atoms with Crippen LogP contribution < -0.4 is 5.32 Å². The molecule has 3 rings (SSSR count). The maximum atomic E-state index is 13.5. The summed E-state index contributed by atoms with van der Waals surface area (Å²) >= 11 is 0. The molecule has 110 valence electrons. The summed E-state index contributed by atoms with van der Waals surface area (Å²) in [4.78, 5) is 16.2. The Kier molecular flexibility index (Phi) is 3.45. The third kappa shape index (κ3) is 2.79. The third-order valence-corrected chi connectivity index (χ3v) is 3.63. The van der Waals surface area contributed by atoms with Crippen molar-refractivity contribution in [3.63, 3.8) is 0 Å². The van der Waals surface area contributed by atoms with E-state index in [2.05, 4.69) is 10.3 Å². The lowest BCUT2D eigenvalue weighted by Crippen LogP contribution is -2.32. The van der Waals surface area contributed by atoms with Gasteiger partial charge in [-0.05, 0) is 30.5 Å². The molecule has 21 heavy (non-hydrogen) atoms. The van der Waals surface area contributed by atoms with Gasteiger partial charge in [0.05, 0.1) is 0 Å². The van der Waals surface area contributed by atoms with E-state index >= 15 is 0 Å². The van der Waals surface area contributed by atoms with Crippen LogP contribution in [0.2, 0.25) is 0 Å². The molecule has 2 aromatic rings. The molecule has 1 aliphatic carbocycles. The maximum absolute atomic E-state index is 13.5. The molecule has 6 heteroatoms. The first-order chi connectivity index (χ1) is 10.1. The first-order valence-electron chi connectivity index (χ1n) is 6.79. The van der Waals surface area contributed by atoms with E-state index in [0.29, 0.717) is 11.4 Å². The molecule has 1 aromatic heterocycles. The predicted octanol–water partition coefficient (Wildman–Crippen LogP) is 2.31. The van der Waals surface area contributed by atoms with Crippen molar-refractivity contribution in [1.82, 2.24) is 14.9 Å². The van der Waals surface area contributed by atoms with Gasteiger partial charge < -0.3 is 9.88 Å². The molecule has 0 radical (unpaired) electrons. The number of imidazole rings is 1. The van der Waals surface area contributed by atoms with Crippen LogP contribution >= 0.6 is 0 Å². The summed E-state index contributed by atoms with van der Waals surface area (Å²) < 4.78 is 28.3. The molecule has 4 nitrogen and oxygen atoms in total. The molecular formula is C15H15F2N3O. The molecule has 1 unspecified atom stereocenters. The molecule has 1 N–H and O–H groups in total. The van der Waals surface area contributed by atoms with Gasteiger partial charge >= 0.3 is 0 Å². The molecule has 1 fully saturated rings. The second kappa shape index (κ2) is 5.27. The summed E-state index contributed by atoms with van der Waals surface area (Å²) in [6, 6.07) is 3.03. The van der Waals surface area contributed by atoms with Crippen molar-refractivity contribution >= 4 is 5.91 Å². The lowest BCUT2D eigenvalue weighted by Gasteiger charge is -2.19. The van der Waals surface area contributed by atoms with Crippen LogP contribution in [0.1, 0.15) is 30.3 Å². The Morgan fingerprint density at radius 1 is 1.38 bits per heavy atom. The minimum Gasteiger partial charge on any atom is -0.342 e. The zero-order chi connectivity index (χ0) is 15.0. The van der Waals surface area contributed by atoms with E-state index in [1.54, 1.807) is 24.0 Å². The topological polar surface area (TPSA) is 46.9 Å². The summed E-state index contributed by atoms with van der Waals surface area (Å²) in [6.45, 7) is 0. The number of carbonyl (C=O) groups is 1. The van der Waals surface area contributed by atoms with Crippen LogP contribution in [0.25, 0.3) is 0 Å². The summed E-state index contributed by atoms with van der Waals surface area (Å²) in [7, 11) is 1.79. The Labute approximate surface area is 120 Å². The van der Waals surface area contributed by atoms with E-state index in [-0.39, 0.29) is 11.8 Å². The van der Waals surface area contributed by atoms with Gasteiger partial charge in [0.15, 0.2) is 11.6 Å². The third-order valence-electron chi connectivity index (χ3n) is 3.63. The van der Waals surface area contributed by atoms with Crippen molar-refractivity contribution in [3.05, 3.63) is 53.6 Å². The Bertz CT molecular complexity index is 679. The van der Waals surface area contributed by atoms with E-state index in [9.17, 15) is 13.6 Å². The monoisotopic (exact) mass is 291 g/mol. The summed E-state index contributed by atoms with van der Waals surface area (Å²) in [5.41, 5.74) is 0.470. The van der Waals surface area contributed by atoms with Crippen LogP contribution in [0.15, 0.2) is 30.6 Å². The van der Waals surface area contributed by atoms with Gasteiger partial charge in [-0.2, -0.15) is 0 Å². The molecule has 0 spiro atoms. The van der Waals surface area contributed by atoms with Crippen molar-refractivity contribution in [1.29, 1.82) is 0 Å². The Morgan fingerprint density at radius 2 is 2.14 bits per heavy atom. The van der Waals surface area contributed by atoms with E-state index < -0.39 is 17.7 Å². The average Bonchev–Trinajstić information content (AvgIpc) is 3.22. The van der Waals surface area contributed by atoms with Crippen molar-refractivity contribution in [3.8, 4) is 0 Å². The fourth-order valence-electron chi connectivity index (χ4n) is 2.25. The quantitative estimate of drug-likeness (QED) is 0.939. The Morgan fingerprint density at radius 3 is 2.71 bits per heavy atom. The largest absolute Gasteiger partial charge is 0.342 e. The number of carbonyl (C=O) groups excluding carboxylic acids is 1. The highest BCUT2D eigenvalue weighted by atomic mass is 19.2. The summed E-state index contributed by atoms with van der Waals surface area (Å²) in [6.07, 6.45) is 5.09. The molecule has 1 atom stereocenters. The van der Waals surface area contributed by atoms with Crippen molar-refractivity contribution < 1.29 is 13.6 Å². The number of halogens is 2. The average molecular weight is 291 g/mol. The number of hydrogen-bond acceptors (Lipinski definition) is 2. The predicted molar refractivity (Wildman–Crippen MR) is 72.3 cm³/mol. The fourth-order valence-corrected chi connectivity index (χ4v) is 2.25. The number of hydrogen-bond donors (Lipinski definition) is 1. The highest BCUT2D eigenvalue weighted by molar-refractivity contribution is 5.81. The molecule has 1 heterocycles. The molecular weight excluding hydrogens is 276 g/mol. The molecule has 1 saturated carbocycles. The van der Waals surface area contributed by atoms with Gasteiger partial charge in [-0.25, -0.2) is 13.8 Å². The van der Waals surface area contributed by atoms with Crippen molar-refractivity contribution in [2.75, 3.05) is 0 Å². The zero-order valence-electron chi connectivity index (χ0n) is 11.5. The molecule has 1 amide bonds. The molecule has 0 bridgehead atoms. The van der Waals surface area contributed by atoms with Gasteiger partial charge in [0.25, 0.3) is 0 Å².